The molecule has 138 valence electrons. The molecule has 6 heteroatoms. The summed E-state index contributed by atoms with van der Waals surface area (Å²) in [6.07, 6.45) is 3.41. The Balaban J connectivity index is 1.86. The standard InChI is InChI=1S/C19H28N2O4/c1-19(17(23)20-12-6-3-7-14-22)11-8-13-21(19)18(24)25-15-16-9-4-2-5-10-16/h2,4-5,9-10,22H,3,6-8,11-15H2,1H3,(H,20,23). The maximum Gasteiger partial charge on any atom is 0.410 e. The van der Waals surface area contributed by atoms with Crippen LogP contribution in [0.15, 0.2) is 30.3 Å². The van der Waals surface area contributed by atoms with Crippen LogP contribution in [-0.2, 0) is 16.1 Å². The van der Waals surface area contributed by atoms with Gasteiger partial charge in [-0.25, -0.2) is 4.79 Å². The van der Waals surface area contributed by atoms with E-state index < -0.39 is 11.6 Å². The lowest BCUT2D eigenvalue weighted by Crippen LogP contribution is -2.55. The molecule has 0 saturated carbocycles. The number of hydrogen-bond acceptors (Lipinski definition) is 4. The number of hydrogen-bond donors (Lipinski definition) is 2. The Bertz CT molecular complexity index is 564. The minimum atomic E-state index is -0.856. The summed E-state index contributed by atoms with van der Waals surface area (Å²) >= 11 is 0. The number of nitrogens with zero attached hydrogens (tertiary/aromatic N) is 1. The first-order chi connectivity index (χ1) is 12.1. The maximum absolute atomic E-state index is 12.6. The Morgan fingerprint density at radius 3 is 2.72 bits per heavy atom. The predicted molar refractivity (Wildman–Crippen MR) is 94.9 cm³/mol. The molecule has 1 aromatic rings. The van der Waals surface area contributed by atoms with Crippen LogP contribution in [0.1, 0.15) is 44.6 Å². The van der Waals surface area contributed by atoms with Crippen LogP contribution in [0.5, 0.6) is 0 Å². The van der Waals surface area contributed by atoms with Crippen LogP contribution >= 0.6 is 0 Å². The maximum atomic E-state index is 12.6. The molecular weight excluding hydrogens is 320 g/mol. The van der Waals surface area contributed by atoms with Gasteiger partial charge in [0.05, 0.1) is 0 Å². The Hall–Kier alpha value is -2.08. The first-order valence-electron chi connectivity index (χ1n) is 8.95. The third-order valence-electron chi connectivity index (χ3n) is 4.68. The lowest BCUT2D eigenvalue weighted by molar-refractivity contribution is -0.130. The van der Waals surface area contributed by atoms with Gasteiger partial charge in [-0.3, -0.25) is 9.69 Å². The van der Waals surface area contributed by atoms with Crippen molar-refractivity contribution in [3.05, 3.63) is 35.9 Å². The molecule has 2 amide bonds. The van der Waals surface area contributed by atoms with E-state index in [0.29, 0.717) is 19.5 Å². The van der Waals surface area contributed by atoms with Gasteiger partial charge in [-0.15, -0.1) is 0 Å². The van der Waals surface area contributed by atoms with E-state index >= 15 is 0 Å². The molecule has 1 saturated heterocycles. The number of unbranched alkanes of at least 4 members (excludes halogenated alkanes) is 2. The number of amides is 2. The largest absolute Gasteiger partial charge is 0.445 e. The number of ether oxygens (including phenoxy) is 1. The second kappa shape index (κ2) is 9.42. The van der Waals surface area contributed by atoms with Crippen molar-refractivity contribution in [2.75, 3.05) is 19.7 Å². The molecule has 1 aliphatic heterocycles. The normalized spacial score (nSPS) is 19.7. The zero-order chi connectivity index (χ0) is 18.1. The van der Waals surface area contributed by atoms with Gasteiger partial charge in [-0.2, -0.15) is 0 Å². The molecule has 0 aliphatic carbocycles. The molecule has 0 bridgehead atoms. The molecule has 0 aromatic heterocycles. The van der Waals surface area contributed by atoms with Gasteiger partial charge in [-0.1, -0.05) is 30.3 Å². The van der Waals surface area contributed by atoms with Crippen molar-refractivity contribution in [3.8, 4) is 0 Å². The third-order valence-corrected chi connectivity index (χ3v) is 4.68. The van der Waals surface area contributed by atoms with Crippen LogP contribution in [0.4, 0.5) is 4.79 Å². The monoisotopic (exact) mass is 348 g/mol. The number of aliphatic hydroxyl groups excluding tert-OH is 1. The summed E-state index contributed by atoms with van der Waals surface area (Å²) < 4.78 is 5.39. The van der Waals surface area contributed by atoms with E-state index in [9.17, 15) is 9.59 Å². The van der Waals surface area contributed by atoms with Crippen LogP contribution < -0.4 is 5.32 Å². The van der Waals surface area contributed by atoms with Crippen LogP contribution in [0.25, 0.3) is 0 Å². The number of benzene rings is 1. The van der Waals surface area contributed by atoms with Crippen molar-refractivity contribution in [2.24, 2.45) is 0 Å². The van der Waals surface area contributed by atoms with E-state index in [1.54, 1.807) is 11.8 Å². The zero-order valence-electron chi connectivity index (χ0n) is 14.9. The van der Waals surface area contributed by atoms with Gasteiger partial charge in [0.25, 0.3) is 0 Å². The SMILES string of the molecule is CC1(C(=O)NCCCCCO)CCCN1C(=O)OCc1ccccc1. The van der Waals surface area contributed by atoms with E-state index in [1.165, 1.54) is 0 Å². The minimum Gasteiger partial charge on any atom is -0.445 e. The van der Waals surface area contributed by atoms with Crippen molar-refractivity contribution >= 4 is 12.0 Å². The molecule has 25 heavy (non-hydrogen) atoms. The molecule has 1 aromatic carbocycles. The highest BCUT2D eigenvalue weighted by Crippen LogP contribution is 2.30. The Morgan fingerprint density at radius 2 is 2.00 bits per heavy atom. The van der Waals surface area contributed by atoms with Gasteiger partial charge in [-0.05, 0) is 44.6 Å². The van der Waals surface area contributed by atoms with E-state index in [-0.39, 0.29) is 19.1 Å². The molecule has 1 unspecified atom stereocenters. The smallest absolute Gasteiger partial charge is 0.410 e. The fourth-order valence-corrected chi connectivity index (χ4v) is 3.10. The van der Waals surface area contributed by atoms with Gasteiger partial charge >= 0.3 is 6.09 Å². The summed E-state index contributed by atoms with van der Waals surface area (Å²) in [5.41, 5.74) is 0.0650. The zero-order valence-corrected chi connectivity index (χ0v) is 14.9. The molecule has 1 aliphatic rings. The Labute approximate surface area is 149 Å². The van der Waals surface area contributed by atoms with Crippen LogP contribution in [0.3, 0.4) is 0 Å². The topological polar surface area (TPSA) is 78.9 Å². The molecule has 2 rings (SSSR count). The summed E-state index contributed by atoms with van der Waals surface area (Å²) in [7, 11) is 0. The summed E-state index contributed by atoms with van der Waals surface area (Å²) in [4.78, 5) is 26.6. The van der Waals surface area contributed by atoms with Crippen molar-refractivity contribution in [2.45, 2.75) is 51.2 Å². The van der Waals surface area contributed by atoms with Crippen LogP contribution in [-0.4, -0.2) is 47.2 Å². The molecule has 0 spiro atoms. The number of carbonyl (C=O) groups is 2. The van der Waals surface area contributed by atoms with Gasteiger partial charge < -0.3 is 15.2 Å². The highest BCUT2D eigenvalue weighted by atomic mass is 16.6. The van der Waals surface area contributed by atoms with Crippen molar-refractivity contribution in [3.63, 3.8) is 0 Å². The van der Waals surface area contributed by atoms with E-state index in [0.717, 1.165) is 31.2 Å². The molecule has 1 atom stereocenters. The molecule has 2 N–H and O–H groups in total. The highest BCUT2D eigenvalue weighted by Gasteiger charge is 2.46. The summed E-state index contributed by atoms with van der Waals surface area (Å²) in [5, 5.41) is 11.7. The number of rotatable bonds is 8. The summed E-state index contributed by atoms with van der Waals surface area (Å²) in [6, 6.07) is 9.50. The lowest BCUT2D eigenvalue weighted by Gasteiger charge is -2.33. The second-order valence-corrected chi connectivity index (χ2v) is 6.61. The van der Waals surface area contributed by atoms with Crippen molar-refractivity contribution in [1.82, 2.24) is 10.2 Å². The predicted octanol–water partition coefficient (Wildman–Crippen LogP) is 2.46. The number of aliphatic hydroxyl groups is 1. The number of nitrogens with one attached hydrogen (secondary N) is 1. The molecule has 0 radical (unpaired) electrons. The second-order valence-electron chi connectivity index (χ2n) is 6.61. The molecule has 1 heterocycles. The molecular formula is C19H28N2O4. The van der Waals surface area contributed by atoms with Crippen molar-refractivity contribution < 1.29 is 19.4 Å². The third kappa shape index (κ3) is 5.19. The summed E-state index contributed by atoms with van der Waals surface area (Å²) in [6.45, 7) is 3.26. The van der Waals surface area contributed by atoms with Gasteiger partial charge in [0.1, 0.15) is 12.1 Å². The first kappa shape index (κ1) is 19.2. The quantitative estimate of drug-likeness (QED) is 0.707. The Kier molecular flexibility index (Phi) is 7.25. The highest BCUT2D eigenvalue weighted by molar-refractivity contribution is 5.90. The van der Waals surface area contributed by atoms with Crippen LogP contribution in [0, 0.1) is 0 Å². The van der Waals surface area contributed by atoms with Gasteiger partial charge in [0.2, 0.25) is 5.91 Å². The molecule has 6 nitrogen and oxygen atoms in total. The average molecular weight is 348 g/mol. The van der Waals surface area contributed by atoms with Crippen molar-refractivity contribution in [1.29, 1.82) is 0 Å². The fraction of sp³-hybridized carbons (Fsp3) is 0.579. The van der Waals surface area contributed by atoms with E-state index in [4.69, 9.17) is 9.84 Å². The number of likely N-dealkylation sites (tertiary alicyclic amines) is 1. The molecule has 1 fully saturated rings. The average Bonchev–Trinajstić information content (AvgIpc) is 3.03. The Morgan fingerprint density at radius 1 is 1.24 bits per heavy atom. The lowest BCUT2D eigenvalue weighted by atomic mass is 9.98. The van der Waals surface area contributed by atoms with E-state index in [1.807, 2.05) is 30.3 Å². The van der Waals surface area contributed by atoms with Gasteiger partial charge in [0.15, 0.2) is 0 Å². The fourth-order valence-electron chi connectivity index (χ4n) is 3.10. The minimum absolute atomic E-state index is 0.134. The summed E-state index contributed by atoms with van der Waals surface area (Å²) in [5.74, 6) is -0.134. The van der Waals surface area contributed by atoms with Crippen LogP contribution in [0.2, 0.25) is 0 Å². The van der Waals surface area contributed by atoms with E-state index in [2.05, 4.69) is 5.32 Å². The number of carbonyl (C=O) groups excluding carboxylic acids is 2. The van der Waals surface area contributed by atoms with Gasteiger partial charge in [0, 0.05) is 19.7 Å². The first-order valence-corrected chi connectivity index (χ1v) is 8.95.